The number of halogens is 3. The number of hydrogen-bond acceptors (Lipinski definition) is 3. The summed E-state index contributed by atoms with van der Waals surface area (Å²) in [5.74, 6) is -0.606. The zero-order valence-corrected chi connectivity index (χ0v) is 18.1. The maximum atomic E-state index is 13.3. The molecule has 1 N–H and O–H groups in total. The molecule has 0 unspecified atom stereocenters. The summed E-state index contributed by atoms with van der Waals surface area (Å²) >= 11 is 5.04. The van der Waals surface area contributed by atoms with Gasteiger partial charge in [0.05, 0.1) is 0 Å². The van der Waals surface area contributed by atoms with Crippen molar-refractivity contribution in [2.24, 2.45) is 0 Å². The number of aliphatic carboxylic acids is 1. The summed E-state index contributed by atoms with van der Waals surface area (Å²) in [7, 11) is 0. The standard InChI is InChI=1S/C23H17BrF2O3S/c24-21-13-19(29-14-23(27)28)9-10-22(21)30-12-11-20(15-1-5-17(25)6-2-15)16-3-7-18(26)8-4-16/h1-11,13H,12,14H2,(H,27,28). The van der Waals surface area contributed by atoms with Crippen LogP contribution in [0.2, 0.25) is 0 Å². The largest absolute Gasteiger partial charge is 0.482 e. The van der Waals surface area contributed by atoms with Crippen LogP contribution in [0.1, 0.15) is 11.1 Å². The number of ether oxygens (including phenoxy) is 1. The van der Waals surface area contributed by atoms with Gasteiger partial charge in [-0.25, -0.2) is 13.6 Å². The van der Waals surface area contributed by atoms with Crippen molar-refractivity contribution >= 4 is 39.2 Å². The summed E-state index contributed by atoms with van der Waals surface area (Å²) in [6.07, 6.45) is 2.01. The Morgan fingerprint density at radius 2 is 1.53 bits per heavy atom. The van der Waals surface area contributed by atoms with E-state index in [2.05, 4.69) is 15.9 Å². The maximum absolute atomic E-state index is 13.3. The van der Waals surface area contributed by atoms with Gasteiger partial charge < -0.3 is 9.84 Å². The Balaban J connectivity index is 1.78. The third-order valence-electron chi connectivity index (χ3n) is 4.10. The highest BCUT2D eigenvalue weighted by atomic mass is 79.9. The summed E-state index contributed by atoms with van der Waals surface area (Å²) in [5.41, 5.74) is 2.54. The fraction of sp³-hybridized carbons (Fsp3) is 0.0870. The quantitative estimate of drug-likeness (QED) is 0.370. The predicted octanol–water partition coefficient (Wildman–Crippen LogP) is 6.41. The van der Waals surface area contributed by atoms with Crippen LogP contribution in [0.15, 0.2) is 82.2 Å². The lowest BCUT2D eigenvalue weighted by Gasteiger charge is -2.10. The van der Waals surface area contributed by atoms with E-state index in [9.17, 15) is 13.6 Å². The van der Waals surface area contributed by atoms with Crippen molar-refractivity contribution in [3.8, 4) is 5.75 Å². The van der Waals surface area contributed by atoms with E-state index in [-0.39, 0.29) is 11.6 Å². The number of carbonyl (C=O) groups is 1. The van der Waals surface area contributed by atoms with E-state index >= 15 is 0 Å². The van der Waals surface area contributed by atoms with Gasteiger partial charge in [-0.3, -0.25) is 0 Å². The van der Waals surface area contributed by atoms with E-state index in [0.29, 0.717) is 11.5 Å². The third-order valence-corrected chi connectivity index (χ3v) is 6.02. The van der Waals surface area contributed by atoms with E-state index in [0.717, 1.165) is 26.1 Å². The molecule has 0 heterocycles. The second-order valence-electron chi connectivity index (χ2n) is 6.22. The van der Waals surface area contributed by atoms with E-state index in [4.69, 9.17) is 9.84 Å². The highest BCUT2D eigenvalue weighted by Gasteiger charge is 2.08. The molecule has 3 rings (SSSR count). The van der Waals surface area contributed by atoms with Crippen LogP contribution in [0, 0.1) is 11.6 Å². The van der Waals surface area contributed by atoms with Crippen LogP contribution in [0.25, 0.3) is 5.57 Å². The van der Waals surface area contributed by atoms with E-state index in [1.807, 2.05) is 12.1 Å². The number of benzene rings is 3. The molecule has 0 aliphatic rings. The van der Waals surface area contributed by atoms with Crippen molar-refractivity contribution in [3.05, 3.63) is 100 Å². The smallest absolute Gasteiger partial charge is 0.341 e. The van der Waals surface area contributed by atoms with Crippen LogP contribution in [0.4, 0.5) is 8.78 Å². The normalized spacial score (nSPS) is 10.5. The predicted molar refractivity (Wildman–Crippen MR) is 118 cm³/mol. The fourth-order valence-electron chi connectivity index (χ4n) is 2.71. The molecular weight excluding hydrogens is 474 g/mol. The lowest BCUT2D eigenvalue weighted by atomic mass is 9.98. The number of carboxylic acids is 1. The molecule has 0 aliphatic heterocycles. The van der Waals surface area contributed by atoms with Crippen LogP contribution in [-0.4, -0.2) is 23.4 Å². The molecule has 0 saturated carbocycles. The maximum Gasteiger partial charge on any atom is 0.341 e. The van der Waals surface area contributed by atoms with E-state index < -0.39 is 12.6 Å². The van der Waals surface area contributed by atoms with Crippen LogP contribution in [0.5, 0.6) is 5.75 Å². The van der Waals surface area contributed by atoms with Crippen LogP contribution in [0.3, 0.4) is 0 Å². The number of thioether (sulfide) groups is 1. The molecule has 0 saturated heterocycles. The molecule has 0 radical (unpaired) electrons. The average Bonchev–Trinajstić information content (AvgIpc) is 2.72. The molecule has 0 spiro atoms. The van der Waals surface area contributed by atoms with Crippen molar-refractivity contribution in [3.63, 3.8) is 0 Å². The van der Waals surface area contributed by atoms with Gasteiger partial charge in [0, 0.05) is 15.1 Å². The van der Waals surface area contributed by atoms with Crippen molar-refractivity contribution < 1.29 is 23.4 Å². The highest BCUT2D eigenvalue weighted by Crippen LogP contribution is 2.32. The Morgan fingerprint density at radius 3 is 2.03 bits per heavy atom. The monoisotopic (exact) mass is 490 g/mol. The molecule has 3 nitrogen and oxygen atoms in total. The zero-order chi connectivity index (χ0) is 21.5. The lowest BCUT2D eigenvalue weighted by molar-refractivity contribution is -0.139. The molecule has 0 aromatic heterocycles. The first-order chi connectivity index (χ1) is 14.4. The number of carboxylic acid groups (broad SMARTS) is 1. The Kier molecular flexibility index (Phi) is 7.65. The Labute approximate surface area is 185 Å². The van der Waals surface area contributed by atoms with Crippen molar-refractivity contribution in [2.75, 3.05) is 12.4 Å². The van der Waals surface area contributed by atoms with Crippen LogP contribution < -0.4 is 4.74 Å². The Bertz CT molecular complexity index is 1000. The van der Waals surface area contributed by atoms with Gasteiger partial charge >= 0.3 is 5.97 Å². The molecule has 154 valence electrons. The summed E-state index contributed by atoms with van der Waals surface area (Å²) in [5, 5.41) is 8.70. The first-order valence-corrected chi connectivity index (χ1v) is 10.7. The number of hydrogen-bond donors (Lipinski definition) is 1. The highest BCUT2D eigenvalue weighted by molar-refractivity contribution is 9.10. The first-order valence-electron chi connectivity index (χ1n) is 8.91. The average molecular weight is 491 g/mol. The SMILES string of the molecule is O=C(O)COc1ccc(SCC=C(c2ccc(F)cc2)c2ccc(F)cc2)c(Br)c1. The molecule has 0 bridgehead atoms. The molecule has 0 atom stereocenters. The molecule has 3 aromatic carbocycles. The van der Waals surface area contributed by atoms with E-state index in [1.165, 1.54) is 24.3 Å². The molecule has 0 amide bonds. The van der Waals surface area contributed by atoms with Crippen LogP contribution in [-0.2, 0) is 4.79 Å². The van der Waals surface area contributed by atoms with Gasteiger partial charge in [0.15, 0.2) is 6.61 Å². The van der Waals surface area contributed by atoms with Crippen LogP contribution >= 0.6 is 27.7 Å². The Morgan fingerprint density at radius 1 is 0.967 bits per heavy atom. The second kappa shape index (κ2) is 10.4. The van der Waals surface area contributed by atoms with Gasteiger partial charge in [0.25, 0.3) is 0 Å². The Hall–Kier alpha value is -2.64. The lowest BCUT2D eigenvalue weighted by Crippen LogP contribution is -2.09. The minimum atomic E-state index is -1.04. The minimum Gasteiger partial charge on any atom is -0.482 e. The fourth-order valence-corrected chi connectivity index (χ4v) is 4.20. The van der Waals surface area contributed by atoms with Crippen molar-refractivity contribution in [1.82, 2.24) is 0 Å². The van der Waals surface area contributed by atoms with Crippen molar-refractivity contribution in [1.29, 1.82) is 0 Å². The van der Waals surface area contributed by atoms with E-state index in [1.54, 1.807) is 48.2 Å². The summed E-state index contributed by atoms with van der Waals surface area (Å²) in [6, 6.07) is 17.6. The van der Waals surface area contributed by atoms with Gasteiger partial charge in [-0.15, -0.1) is 11.8 Å². The molecular formula is C23H17BrF2O3S. The first kappa shape index (κ1) is 22.1. The zero-order valence-electron chi connectivity index (χ0n) is 15.6. The summed E-state index contributed by atoms with van der Waals surface area (Å²) < 4.78 is 32.6. The van der Waals surface area contributed by atoms with Gasteiger partial charge in [-0.2, -0.15) is 0 Å². The van der Waals surface area contributed by atoms with Gasteiger partial charge in [0.1, 0.15) is 17.4 Å². The molecule has 3 aromatic rings. The molecule has 0 aliphatic carbocycles. The van der Waals surface area contributed by atoms with Crippen molar-refractivity contribution in [2.45, 2.75) is 4.90 Å². The third kappa shape index (κ3) is 6.18. The van der Waals surface area contributed by atoms with Gasteiger partial charge in [-0.1, -0.05) is 30.3 Å². The molecule has 7 heteroatoms. The minimum absolute atomic E-state index is 0.319. The number of rotatable bonds is 8. The van der Waals surface area contributed by atoms with Gasteiger partial charge in [0.2, 0.25) is 0 Å². The topological polar surface area (TPSA) is 46.5 Å². The summed E-state index contributed by atoms with van der Waals surface area (Å²) in [6.45, 7) is -0.402. The molecule has 0 fully saturated rings. The second-order valence-corrected chi connectivity index (χ2v) is 8.13. The molecule has 30 heavy (non-hydrogen) atoms. The van der Waals surface area contributed by atoms with Gasteiger partial charge in [-0.05, 0) is 75.1 Å². The summed E-state index contributed by atoms with van der Waals surface area (Å²) in [4.78, 5) is 11.6.